The molecule has 0 aliphatic heterocycles. The molecule has 0 amide bonds. The number of pyridine rings is 1. The number of benzene rings is 2. The van der Waals surface area contributed by atoms with Crippen molar-refractivity contribution in [2.24, 2.45) is 7.05 Å². The number of ether oxygens (including phenoxy) is 3. The number of fused-ring (bicyclic) bond motifs is 1. The maximum Gasteiger partial charge on any atom is 0.212 e. The zero-order chi connectivity index (χ0) is 17.8. The van der Waals surface area contributed by atoms with Gasteiger partial charge in [0.15, 0.2) is 11.5 Å². The van der Waals surface area contributed by atoms with Gasteiger partial charge in [-0.25, -0.2) is 0 Å². The van der Waals surface area contributed by atoms with E-state index in [-0.39, 0.29) is 0 Å². The molecule has 0 N–H and O–H groups in total. The van der Waals surface area contributed by atoms with E-state index in [1.807, 2.05) is 30.3 Å². The Morgan fingerprint density at radius 2 is 1.44 bits per heavy atom. The maximum atomic E-state index is 5.48. The summed E-state index contributed by atoms with van der Waals surface area (Å²) in [5.74, 6) is 2.05. The standard InChI is InChI=1S/C21H22NO3/c1-22-17(11-9-15-7-5-6-8-18(15)22)12-10-16-13-20(24-3)21(25-4)14-19(16)23-2/h5-14H,1-4H3/q+1/b12-10+. The SMILES string of the molecule is COc1cc(OC)c(OC)cc1/C=C/c1ccc2ccccc2[n+]1C. The van der Waals surface area contributed by atoms with E-state index < -0.39 is 0 Å². The zero-order valence-electron chi connectivity index (χ0n) is 14.9. The van der Waals surface area contributed by atoms with Gasteiger partial charge >= 0.3 is 0 Å². The highest BCUT2D eigenvalue weighted by molar-refractivity contribution is 5.78. The molecule has 4 nitrogen and oxygen atoms in total. The average Bonchev–Trinajstić information content (AvgIpc) is 2.67. The monoisotopic (exact) mass is 336 g/mol. The van der Waals surface area contributed by atoms with Crippen LogP contribution >= 0.6 is 0 Å². The fraction of sp³-hybridized carbons (Fsp3) is 0.190. The Labute approximate surface area is 147 Å². The summed E-state index contributed by atoms with van der Waals surface area (Å²) in [5.41, 5.74) is 3.20. The minimum absolute atomic E-state index is 0.646. The first-order chi connectivity index (χ1) is 12.2. The molecule has 2 aromatic carbocycles. The zero-order valence-corrected chi connectivity index (χ0v) is 14.9. The number of hydrogen-bond acceptors (Lipinski definition) is 3. The van der Waals surface area contributed by atoms with Crippen LogP contribution in [0.1, 0.15) is 11.3 Å². The second kappa shape index (κ2) is 7.26. The van der Waals surface area contributed by atoms with Crippen LogP contribution in [0.15, 0.2) is 48.5 Å². The Bertz CT molecular complexity index is 932. The molecule has 128 valence electrons. The molecule has 0 bridgehead atoms. The number of rotatable bonds is 5. The third-order valence-corrected chi connectivity index (χ3v) is 4.29. The van der Waals surface area contributed by atoms with Gasteiger partial charge in [0, 0.05) is 35.2 Å². The van der Waals surface area contributed by atoms with Gasteiger partial charge in [-0.2, -0.15) is 4.57 Å². The fourth-order valence-electron chi connectivity index (χ4n) is 2.89. The van der Waals surface area contributed by atoms with Crippen molar-refractivity contribution in [3.63, 3.8) is 0 Å². The first kappa shape index (κ1) is 16.8. The quantitative estimate of drug-likeness (QED) is 0.663. The number of methoxy groups -OCH3 is 3. The van der Waals surface area contributed by atoms with Crippen LogP contribution < -0.4 is 18.8 Å². The Morgan fingerprint density at radius 1 is 0.760 bits per heavy atom. The number of para-hydroxylation sites is 1. The molecule has 0 saturated carbocycles. The minimum Gasteiger partial charge on any atom is -0.496 e. The molecule has 0 radical (unpaired) electrons. The largest absolute Gasteiger partial charge is 0.496 e. The van der Waals surface area contributed by atoms with Gasteiger partial charge < -0.3 is 14.2 Å². The molecule has 3 aromatic rings. The lowest BCUT2D eigenvalue weighted by atomic mass is 10.1. The second-order valence-corrected chi connectivity index (χ2v) is 5.66. The fourth-order valence-corrected chi connectivity index (χ4v) is 2.89. The van der Waals surface area contributed by atoms with Crippen molar-refractivity contribution in [1.82, 2.24) is 0 Å². The van der Waals surface area contributed by atoms with Crippen LogP contribution in [-0.2, 0) is 7.05 Å². The summed E-state index contributed by atoms with van der Waals surface area (Å²) in [6, 6.07) is 16.3. The summed E-state index contributed by atoms with van der Waals surface area (Å²) in [6.45, 7) is 0. The molecule has 0 aliphatic rings. The Balaban J connectivity index is 2.03. The van der Waals surface area contributed by atoms with E-state index in [4.69, 9.17) is 14.2 Å². The summed E-state index contributed by atoms with van der Waals surface area (Å²) in [5, 5.41) is 1.21. The van der Waals surface area contributed by atoms with E-state index in [1.165, 1.54) is 10.9 Å². The molecule has 1 heterocycles. The van der Waals surface area contributed by atoms with Crippen molar-refractivity contribution in [1.29, 1.82) is 0 Å². The molecular weight excluding hydrogens is 314 g/mol. The van der Waals surface area contributed by atoms with Gasteiger partial charge in [-0.15, -0.1) is 0 Å². The van der Waals surface area contributed by atoms with Crippen LogP contribution in [0.5, 0.6) is 17.2 Å². The highest BCUT2D eigenvalue weighted by atomic mass is 16.5. The van der Waals surface area contributed by atoms with Crippen molar-refractivity contribution in [3.8, 4) is 17.2 Å². The number of aryl methyl sites for hydroxylation is 1. The summed E-state index contributed by atoms with van der Waals surface area (Å²) >= 11 is 0. The molecule has 0 atom stereocenters. The third-order valence-electron chi connectivity index (χ3n) is 4.29. The second-order valence-electron chi connectivity index (χ2n) is 5.66. The van der Waals surface area contributed by atoms with Crippen LogP contribution in [-0.4, -0.2) is 21.3 Å². The van der Waals surface area contributed by atoms with Crippen molar-refractivity contribution in [2.75, 3.05) is 21.3 Å². The van der Waals surface area contributed by atoms with Crippen molar-refractivity contribution in [2.45, 2.75) is 0 Å². The van der Waals surface area contributed by atoms with Gasteiger partial charge in [0.2, 0.25) is 11.2 Å². The molecular formula is C21H22NO3+. The van der Waals surface area contributed by atoms with Gasteiger partial charge in [0.1, 0.15) is 12.8 Å². The summed E-state index contributed by atoms with van der Waals surface area (Å²) < 4.78 is 18.4. The summed E-state index contributed by atoms with van der Waals surface area (Å²) in [6.07, 6.45) is 4.08. The molecule has 0 aliphatic carbocycles. The average molecular weight is 336 g/mol. The van der Waals surface area contributed by atoms with Gasteiger partial charge in [-0.3, -0.25) is 0 Å². The molecule has 0 unspecified atom stereocenters. The van der Waals surface area contributed by atoms with Crippen molar-refractivity contribution in [3.05, 3.63) is 59.8 Å². The normalized spacial score (nSPS) is 11.0. The van der Waals surface area contributed by atoms with E-state index in [2.05, 4.69) is 42.0 Å². The van der Waals surface area contributed by atoms with Crippen LogP contribution in [0.4, 0.5) is 0 Å². The lowest BCUT2D eigenvalue weighted by Crippen LogP contribution is -2.32. The van der Waals surface area contributed by atoms with Crippen LogP contribution in [0.3, 0.4) is 0 Å². The van der Waals surface area contributed by atoms with Gasteiger partial charge in [-0.05, 0) is 24.3 Å². The molecule has 3 rings (SSSR count). The van der Waals surface area contributed by atoms with Gasteiger partial charge in [0.05, 0.1) is 21.3 Å². The maximum absolute atomic E-state index is 5.48. The van der Waals surface area contributed by atoms with E-state index in [9.17, 15) is 0 Å². The smallest absolute Gasteiger partial charge is 0.212 e. The van der Waals surface area contributed by atoms with Crippen LogP contribution in [0.25, 0.3) is 23.1 Å². The van der Waals surface area contributed by atoms with E-state index >= 15 is 0 Å². The number of aromatic nitrogens is 1. The predicted molar refractivity (Wildman–Crippen MR) is 100 cm³/mol. The highest BCUT2D eigenvalue weighted by Crippen LogP contribution is 2.35. The molecule has 4 heteroatoms. The Morgan fingerprint density at radius 3 is 2.16 bits per heavy atom. The van der Waals surface area contributed by atoms with Crippen molar-refractivity contribution >= 4 is 23.1 Å². The van der Waals surface area contributed by atoms with Crippen LogP contribution in [0.2, 0.25) is 0 Å². The van der Waals surface area contributed by atoms with E-state index in [1.54, 1.807) is 21.3 Å². The lowest BCUT2D eigenvalue weighted by molar-refractivity contribution is -0.646. The molecule has 0 saturated heterocycles. The van der Waals surface area contributed by atoms with Gasteiger partial charge in [0.25, 0.3) is 0 Å². The van der Waals surface area contributed by atoms with E-state index in [0.717, 1.165) is 17.0 Å². The Kier molecular flexibility index (Phi) is 4.89. The summed E-state index contributed by atoms with van der Waals surface area (Å²) in [4.78, 5) is 0. The lowest BCUT2D eigenvalue weighted by Gasteiger charge is -2.12. The Hall–Kier alpha value is -3.01. The topological polar surface area (TPSA) is 31.6 Å². The summed E-state index contributed by atoms with van der Waals surface area (Å²) in [7, 11) is 6.95. The van der Waals surface area contributed by atoms with Crippen molar-refractivity contribution < 1.29 is 18.8 Å². The molecule has 1 aromatic heterocycles. The molecule has 0 fully saturated rings. The molecule has 0 spiro atoms. The van der Waals surface area contributed by atoms with Gasteiger partial charge in [-0.1, -0.05) is 12.1 Å². The first-order valence-electron chi connectivity index (χ1n) is 8.03. The minimum atomic E-state index is 0.646. The van der Waals surface area contributed by atoms with Crippen LogP contribution in [0, 0.1) is 0 Å². The van der Waals surface area contributed by atoms with E-state index in [0.29, 0.717) is 11.5 Å². The predicted octanol–water partition coefficient (Wildman–Crippen LogP) is 3.86. The first-order valence-corrected chi connectivity index (χ1v) is 8.03. The number of hydrogen-bond donors (Lipinski definition) is 0. The number of nitrogens with zero attached hydrogens (tertiary/aromatic N) is 1. The highest BCUT2D eigenvalue weighted by Gasteiger charge is 2.12. The third kappa shape index (κ3) is 3.29. The molecule has 25 heavy (non-hydrogen) atoms.